The van der Waals surface area contributed by atoms with Crippen LogP contribution in [0.3, 0.4) is 0 Å². The van der Waals surface area contributed by atoms with E-state index in [1.54, 1.807) is 13.1 Å². The Hall–Kier alpha value is -1.63. The van der Waals surface area contributed by atoms with Gasteiger partial charge in [0, 0.05) is 12.6 Å². The molecule has 1 saturated heterocycles. The van der Waals surface area contributed by atoms with E-state index in [9.17, 15) is 13.6 Å². The normalized spacial score (nSPS) is 19.7. The van der Waals surface area contributed by atoms with E-state index in [1.165, 1.54) is 20.0 Å². The number of alkyl halides is 2. The summed E-state index contributed by atoms with van der Waals surface area (Å²) in [5.41, 5.74) is -0.532. The maximum atomic E-state index is 13.0. The SMILES string of the molecule is Cc1cncc(C2CCON2C(=O)C(C)(C)C(F)F)n1. The van der Waals surface area contributed by atoms with Crippen molar-refractivity contribution >= 4 is 5.91 Å². The first-order valence-electron chi connectivity index (χ1n) is 6.37. The molecule has 2 heterocycles. The van der Waals surface area contributed by atoms with Gasteiger partial charge in [0.1, 0.15) is 11.5 Å². The first kappa shape index (κ1) is 14.8. The van der Waals surface area contributed by atoms with E-state index in [-0.39, 0.29) is 0 Å². The van der Waals surface area contributed by atoms with Gasteiger partial charge in [-0.3, -0.25) is 19.6 Å². The molecule has 1 unspecified atom stereocenters. The fourth-order valence-corrected chi connectivity index (χ4v) is 1.96. The third-order valence-corrected chi connectivity index (χ3v) is 3.32. The minimum Gasteiger partial charge on any atom is -0.272 e. The standard InChI is InChI=1S/C13H17F2N3O2/c1-8-6-16-7-9(17-8)10-4-5-20-18(10)12(19)13(2,3)11(14)15/h6-7,10-11H,4-5H2,1-3H3. The van der Waals surface area contributed by atoms with Crippen molar-refractivity contribution in [2.75, 3.05) is 6.61 Å². The maximum Gasteiger partial charge on any atom is 0.258 e. The Morgan fingerprint density at radius 2 is 2.20 bits per heavy atom. The molecule has 1 amide bonds. The van der Waals surface area contributed by atoms with E-state index < -0.39 is 23.8 Å². The lowest BCUT2D eigenvalue weighted by atomic mass is 9.92. The van der Waals surface area contributed by atoms with Crippen LogP contribution < -0.4 is 0 Å². The molecule has 1 aromatic rings. The predicted molar refractivity (Wildman–Crippen MR) is 66.7 cm³/mol. The number of amides is 1. The van der Waals surface area contributed by atoms with Gasteiger partial charge in [0.25, 0.3) is 12.3 Å². The highest BCUT2D eigenvalue weighted by atomic mass is 19.3. The van der Waals surface area contributed by atoms with Gasteiger partial charge in [0.2, 0.25) is 0 Å². The molecule has 5 nitrogen and oxygen atoms in total. The van der Waals surface area contributed by atoms with Crippen molar-refractivity contribution in [1.29, 1.82) is 0 Å². The van der Waals surface area contributed by atoms with Crippen molar-refractivity contribution < 1.29 is 18.4 Å². The third-order valence-electron chi connectivity index (χ3n) is 3.32. The average Bonchev–Trinajstić information content (AvgIpc) is 2.86. The lowest BCUT2D eigenvalue weighted by Crippen LogP contribution is -2.43. The molecule has 110 valence electrons. The molecule has 0 saturated carbocycles. The maximum absolute atomic E-state index is 13.0. The van der Waals surface area contributed by atoms with Crippen molar-refractivity contribution in [2.45, 2.75) is 39.7 Å². The number of carbonyl (C=O) groups excluding carboxylic acids is 1. The minimum absolute atomic E-state index is 0.297. The van der Waals surface area contributed by atoms with Gasteiger partial charge < -0.3 is 0 Å². The van der Waals surface area contributed by atoms with Crippen LogP contribution in [0.15, 0.2) is 12.4 Å². The third kappa shape index (κ3) is 2.63. The van der Waals surface area contributed by atoms with Crippen molar-refractivity contribution in [3.05, 3.63) is 23.8 Å². The van der Waals surface area contributed by atoms with Gasteiger partial charge in [-0.05, 0) is 20.8 Å². The molecular formula is C13H17F2N3O2. The van der Waals surface area contributed by atoms with Crippen LogP contribution in [-0.4, -0.2) is 34.0 Å². The number of aromatic nitrogens is 2. The smallest absolute Gasteiger partial charge is 0.258 e. The van der Waals surface area contributed by atoms with Crippen LogP contribution in [0.1, 0.15) is 37.7 Å². The Morgan fingerprint density at radius 3 is 2.80 bits per heavy atom. The molecular weight excluding hydrogens is 268 g/mol. The van der Waals surface area contributed by atoms with Gasteiger partial charge >= 0.3 is 0 Å². The summed E-state index contributed by atoms with van der Waals surface area (Å²) in [6.07, 6.45) is 0.878. The zero-order valence-electron chi connectivity index (χ0n) is 11.6. The monoisotopic (exact) mass is 285 g/mol. The Balaban J connectivity index is 2.26. The van der Waals surface area contributed by atoms with E-state index in [0.717, 1.165) is 5.06 Å². The van der Waals surface area contributed by atoms with Crippen LogP contribution in [0, 0.1) is 12.3 Å². The molecule has 0 bridgehead atoms. The lowest BCUT2D eigenvalue weighted by Gasteiger charge is -2.30. The van der Waals surface area contributed by atoms with Gasteiger partial charge in [-0.15, -0.1) is 0 Å². The van der Waals surface area contributed by atoms with Gasteiger partial charge in [-0.1, -0.05) is 0 Å². The molecule has 0 aliphatic carbocycles. The molecule has 20 heavy (non-hydrogen) atoms. The Kier molecular flexibility index (Phi) is 3.99. The van der Waals surface area contributed by atoms with Crippen LogP contribution >= 0.6 is 0 Å². The van der Waals surface area contributed by atoms with Gasteiger partial charge in [-0.2, -0.15) is 0 Å². The first-order chi connectivity index (χ1) is 9.34. The fraction of sp³-hybridized carbons (Fsp3) is 0.615. The molecule has 1 aliphatic heterocycles. The topological polar surface area (TPSA) is 55.3 Å². The number of rotatable bonds is 3. The van der Waals surface area contributed by atoms with E-state index >= 15 is 0 Å². The second-order valence-corrected chi connectivity index (χ2v) is 5.38. The first-order valence-corrected chi connectivity index (χ1v) is 6.37. The highest BCUT2D eigenvalue weighted by molar-refractivity contribution is 5.82. The van der Waals surface area contributed by atoms with Crippen molar-refractivity contribution in [3.63, 3.8) is 0 Å². The zero-order chi connectivity index (χ0) is 14.9. The van der Waals surface area contributed by atoms with E-state index in [1.807, 2.05) is 0 Å². The molecule has 7 heteroatoms. The molecule has 0 radical (unpaired) electrons. The van der Waals surface area contributed by atoms with Gasteiger partial charge in [0.15, 0.2) is 0 Å². The Labute approximate surface area is 115 Å². The number of hydrogen-bond donors (Lipinski definition) is 0. The second kappa shape index (κ2) is 5.40. The fourth-order valence-electron chi connectivity index (χ4n) is 1.96. The van der Waals surface area contributed by atoms with Gasteiger partial charge in [-0.25, -0.2) is 13.8 Å². The average molecular weight is 285 g/mol. The molecule has 1 atom stereocenters. The Morgan fingerprint density at radius 1 is 1.50 bits per heavy atom. The van der Waals surface area contributed by atoms with Crippen molar-refractivity contribution in [2.24, 2.45) is 5.41 Å². The molecule has 1 fully saturated rings. The molecule has 1 aliphatic rings. The minimum atomic E-state index is -2.76. The van der Waals surface area contributed by atoms with Crippen LogP contribution in [-0.2, 0) is 9.63 Å². The van der Waals surface area contributed by atoms with Crippen LogP contribution in [0.25, 0.3) is 0 Å². The van der Waals surface area contributed by atoms with E-state index in [4.69, 9.17) is 4.84 Å². The number of halogens is 2. The van der Waals surface area contributed by atoms with Crippen LogP contribution in [0.2, 0.25) is 0 Å². The zero-order valence-corrected chi connectivity index (χ0v) is 11.6. The van der Waals surface area contributed by atoms with Gasteiger partial charge in [0.05, 0.1) is 24.2 Å². The largest absolute Gasteiger partial charge is 0.272 e. The van der Waals surface area contributed by atoms with Crippen LogP contribution in [0.5, 0.6) is 0 Å². The summed E-state index contributed by atoms with van der Waals surface area (Å²) in [6, 6.07) is -0.465. The summed E-state index contributed by atoms with van der Waals surface area (Å²) >= 11 is 0. The lowest BCUT2D eigenvalue weighted by molar-refractivity contribution is -0.194. The highest BCUT2D eigenvalue weighted by Gasteiger charge is 2.45. The van der Waals surface area contributed by atoms with Crippen molar-refractivity contribution in [3.8, 4) is 0 Å². The molecule has 0 aromatic carbocycles. The predicted octanol–water partition coefficient (Wildman–Crippen LogP) is 2.28. The number of nitrogens with zero attached hydrogens (tertiary/aromatic N) is 3. The second-order valence-electron chi connectivity index (χ2n) is 5.38. The van der Waals surface area contributed by atoms with Crippen molar-refractivity contribution in [1.82, 2.24) is 15.0 Å². The molecule has 0 N–H and O–H groups in total. The molecule has 2 rings (SSSR count). The van der Waals surface area contributed by atoms with E-state index in [0.29, 0.717) is 24.4 Å². The summed E-state index contributed by atoms with van der Waals surface area (Å²) in [5, 5.41) is 1.02. The van der Waals surface area contributed by atoms with Crippen LogP contribution in [0.4, 0.5) is 8.78 Å². The number of carbonyl (C=O) groups is 1. The Bertz CT molecular complexity index is 508. The molecule has 1 aromatic heterocycles. The summed E-state index contributed by atoms with van der Waals surface area (Å²) in [6.45, 7) is 4.49. The number of aryl methyl sites for hydroxylation is 1. The summed E-state index contributed by atoms with van der Waals surface area (Å²) < 4.78 is 26.0. The highest BCUT2D eigenvalue weighted by Crippen LogP contribution is 2.35. The summed E-state index contributed by atoms with van der Waals surface area (Å²) in [4.78, 5) is 25.8. The quantitative estimate of drug-likeness (QED) is 0.855. The summed E-state index contributed by atoms with van der Waals surface area (Å²) in [5.74, 6) is -0.738. The number of hydroxylamine groups is 2. The summed E-state index contributed by atoms with van der Waals surface area (Å²) in [7, 11) is 0. The molecule has 0 spiro atoms. The number of hydrogen-bond acceptors (Lipinski definition) is 4. The van der Waals surface area contributed by atoms with E-state index in [2.05, 4.69) is 9.97 Å².